The predicted molar refractivity (Wildman–Crippen MR) is 52.7 cm³/mol. The summed E-state index contributed by atoms with van der Waals surface area (Å²) in [5, 5.41) is 6.29. The van der Waals surface area contributed by atoms with Crippen molar-refractivity contribution in [1.82, 2.24) is 5.32 Å². The molecule has 0 saturated carbocycles. The molecule has 80 valence electrons. The molecule has 0 radical (unpaired) electrons. The van der Waals surface area contributed by atoms with Crippen molar-refractivity contribution in [2.45, 2.75) is 26.3 Å². The van der Waals surface area contributed by atoms with E-state index >= 15 is 0 Å². The second-order valence-electron chi connectivity index (χ2n) is 3.23. The molecule has 0 heterocycles. The van der Waals surface area contributed by atoms with Gasteiger partial charge in [0, 0.05) is 18.0 Å². The number of ether oxygens (including phenoxy) is 1. The van der Waals surface area contributed by atoms with Gasteiger partial charge in [-0.05, 0) is 26.3 Å². The molecule has 0 fully saturated rings. The van der Waals surface area contributed by atoms with Crippen LogP contribution in [0.15, 0.2) is 5.11 Å². The second-order valence-corrected chi connectivity index (χ2v) is 3.23. The number of nitrogens with zero attached hydrogens (tertiary/aromatic N) is 3. The molecule has 0 unspecified atom stereocenters. The maximum absolute atomic E-state index is 11.3. The first-order valence-electron chi connectivity index (χ1n) is 4.47. The minimum Gasteiger partial charge on any atom is -0.465 e. The SMILES string of the molecule is CCOC(=O)C(C)(C)NCCN=[N+]=[N-]. The van der Waals surface area contributed by atoms with Crippen LogP contribution in [-0.2, 0) is 9.53 Å². The molecule has 0 aliphatic heterocycles. The Kier molecular flexibility index (Phi) is 5.67. The van der Waals surface area contributed by atoms with Crippen molar-refractivity contribution in [3.63, 3.8) is 0 Å². The number of carbonyl (C=O) groups excluding carboxylic acids is 1. The van der Waals surface area contributed by atoms with Gasteiger partial charge in [-0.1, -0.05) is 5.11 Å². The molecule has 0 amide bonds. The molecule has 0 aromatic carbocycles. The van der Waals surface area contributed by atoms with Gasteiger partial charge in [-0.3, -0.25) is 4.79 Å². The average Bonchev–Trinajstić information content (AvgIpc) is 2.13. The zero-order valence-electron chi connectivity index (χ0n) is 8.78. The van der Waals surface area contributed by atoms with Gasteiger partial charge < -0.3 is 10.1 Å². The highest BCUT2D eigenvalue weighted by Crippen LogP contribution is 2.04. The Labute approximate surface area is 83.3 Å². The summed E-state index contributed by atoms with van der Waals surface area (Å²) in [5.41, 5.74) is 7.29. The minimum absolute atomic E-state index is 0.305. The van der Waals surface area contributed by atoms with Crippen LogP contribution in [0, 0.1) is 0 Å². The summed E-state index contributed by atoms with van der Waals surface area (Å²) < 4.78 is 4.86. The predicted octanol–water partition coefficient (Wildman–Crippen LogP) is 1.23. The van der Waals surface area contributed by atoms with E-state index in [0.29, 0.717) is 19.7 Å². The lowest BCUT2D eigenvalue weighted by Crippen LogP contribution is -2.48. The largest absolute Gasteiger partial charge is 0.465 e. The number of azide groups is 1. The van der Waals surface area contributed by atoms with Gasteiger partial charge in [0.1, 0.15) is 5.54 Å². The van der Waals surface area contributed by atoms with E-state index in [1.807, 2.05) is 0 Å². The smallest absolute Gasteiger partial charge is 0.325 e. The zero-order valence-corrected chi connectivity index (χ0v) is 8.78. The Morgan fingerprint density at radius 2 is 2.29 bits per heavy atom. The Morgan fingerprint density at radius 3 is 2.79 bits per heavy atom. The van der Waals surface area contributed by atoms with Gasteiger partial charge in [0.05, 0.1) is 6.61 Å². The fourth-order valence-corrected chi connectivity index (χ4v) is 0.847. The van der Waals surface area contributed by atoms with E-state index in [1.165, 1.54) is 0 Å². The van der Waals surface area contributed by atoms with Crippen molar-refractivity contribution in [3.05, 3.63) is 10.4 Å². The van der Waals surface area contributed by atoms with Gasteiger partial charge >= 0.3 is 5.97 Å². The van der Waals surface area contributed by atoms with Crippen LogP contribution in [0.1, 0.15) is 20.8 Å². The fourth-order valence-electron chi connectivity index (χ4n) is 0.847. The van der Waals surface area contributed by atoms with Crippen LogP contribution in [0.3, 0.4) is 0 Å². The summed E-state index contributed by atoms with van der Waals surface area (Å²) in [5.74, 6) is -0.305. The van der Waals surface area contributed by atoms with Crippen LogP contribution in [0.25, 0.3) is 10.4 Å². The standard InChI is InChI=1S/C8H16N4O2/c1-4-14-7(13)8(2,3)10-5-6-11-12-9/h10H,4-6H2,1-3H3. The molecule has 0 rings (SSSR count). The number of rotatable bonds is 6. The van der Waals surface area contributed by atoms with E-state index < -0.39 is 5.54 Å². The van der Waals surface area contributed by atoms with Crippen LogP contribution in [0.4, 0.5) is 0 Å². The summed E-state index contributed by atoms with van der Waals surface area (Å²) >= 11 is 0. The lowest BCUT2D eigenvalue weighted by molar-refractivity contribution is -0.149. The van der Waals surface area contributed by atoms with Crippen LogP contribution >= 0.6 is 0 Å². The third kappa shape index (κ3) is 4.69. The first-order chi connectivity index (χ1) is 6.54. The summed E-state index contributed by atoms with van der Waals surface area (Å²) in [7, 11) is 0. The van der Waals surface area contributed by atoms with Crippen LogP contribution < -0.4 is 5.32 Å². The van der Waals surface area contributed by atoms with Gasteiger partial charge in [-0.2, -0.15) is 0 Å². The third-order valence-corrected chi connectivity index (χ3v) is 1.63. The molecule has 0 aromatic heterocycles. The van der Waals surface area contributed by atoms with Crippen molar-refractivity contribution in [3.8, 4) is 0 Å². The number of esters is 1. The van der Waals surface area contributed by atoms with E-state index in [-0.39, 0.29) is 5.97 Å². The van der Waals surface area contributed by atoms with Crippen LogP contribution in [0.5, 0.6) is 0 Å². The zero-order chi connectivity index (χ0) is 11.0. The molecule has 0 saturated heterocycles. The number of nitrogens with one attached hydrogen (secondary N) is 1. The molecular weight excluding hydrogens is 184 g/mol. The van der Waals surface area contributed by atoms with Gasteiger partial charge in [0.2, 0.25) is 0 Å². The van der Waals surface area contributed by atoms with E-state index in [9.17, 15) is 4.79 Å². The minimum atomic E-state index is -0.735. The monoisotopic (exact) mass is 200 g/mol. The normalized spacial score (nSPS) is 10.5. The number of carbonyl (C=O) groups is 1. The first kappa shape index (κ1) is 12.7. The molecule has 0 bridgehead atoms. The lowest BCUT2D eigenvalue weighted by atomic mass is 10.1. The van der Waals surface area contributed by atoms with Gasteiger partial charge in [-0.15, -0.1) is 0 Å². The summed E-state index contributed by atoms with van der Waals surface area (Å²) in [6, 6.07) is 0. The van der Waals surface area contributed by atoms with E-state index in [2.05, 4.69) is 15.3 Å². The second kappa shape index (κ2) is 6.23. The maximum atomic E-state index is 11.3. The summed E-state index contributed by atoms with van der Waals surface area (Å²) in [4.78, 5) is 13.9. The van der Waals surface area contributed by atoms with E-state index in [0.717, 1.165) is 0 Å². The average molecular weight is 200 g/mol. The van der Waals surface area contributed by atoms with Crippen molar-refractivity contribution < 1.29 is 9.53 Å². The van der Waals surface area contributed by atoms with E-state index in [4.69, 9.17) is 10.3 Å². The Hall–Kier alpha value is -1.26. The number of hydrogen-bond donors (Lipinski definition) is 1. The van der Waals surface area contributed by atoms with E-state index in [1.54, 1.807) is 20.8 Å². The Morgan fingerprint density at radius 1 is 1.64 bits per heavy atom. The quantitative estimate of drug-likeness (QED) is 0.230. The summed E-state index contributed by atoms with van der Waals surface area (Å²) in [6.45, 7) is 6.34. The van der Waals surface area contributed by atoms with Gasteiger partial charge in [-0.25, -0.2) is 0 Å². The van der Waals surface area contributed by atoms with Crippen LogP contribution in [-0.4, -0.2) is 31.2 Å². The van der Waals surface area contributed by atoms with Crippen molar-refractivity contribution in [2.75, 3.05) is 19.7 Å². The molecule has 1 N–H and O–H groups in total. The Bertz CT molecular complexity index is 233. The number of hydrogen-bond acceptors (Lipinski definition) is 4. The van der Waals surface area contributed by atoms with Crippen molar-refractivity contribution in [1.29, 1.82) is 0 Å². The molecule has 14 heavy (non-hydrogen) atoms. The molecule has 0 atom stereocenters. The van der Waals surface area contributed by atoms with Gasteiger partial charge in [0.25, 0.3) is 0 Å². The first-order valence-corrected chi connectivity index (χ1v) is 4.47. The van der Waals surface area contributed by atoms with Gasteiger partial charge in [0.15, 0.2) is 0 Å². The molecule has 0 aromatic rings. The lowest BCUT2D eigenvalue weighted by Gasteiger charge is -2.23. The molecule has 6 nitrogen and oxygen atoms in total. The maximum Gasteiger partial charge on any atom is 0.325 e. The topological polar surface area (TPSA) is 87.1 Å². The highest BCUT2D eigenvalue weighted by Gasteiger charge is 2.27. The van der Waals surface area contributed by atoms with Crippen molar-refractivity contribution in [2.24, 2.45) is 5.11 Å². The Balaban J connectivity index is 3.93. The highest BCUT2D eigenvalue weighted by molar-refractivity contribution is 5.79. The molecule has 0 aliphatic carbocycles. The fraction of sp³-hybridized carbons (Fsp3) is 0.875. The molecule has 6 heteroatoms. The summed E-state index contributed by atoms with van der Waals surface area (Å²) in [6.07, 6.45) is 0. The molecular formula is C8H16N4O2. The van der Waals surface area contributed by atoms with Crippen molar-refractivity contribution >= 4 is 5.97 Å². The molecule has 0 aliphatic rings. The third-order valence-electron chi connectivity index (χ3n) is 1.63. The highest BCUT2D eigenvalue weighted by atomic mass is 16.5. The van der Waals surface area contributed by atoms with Crippen LogP contribution in [0.2, 0.25) is 0 Å². The molecule has 0 spiro atoms.